The Morgan fingerprint density at radius 2 is 2.05 bits per heavy atom. The van der Waals surface area contributed by atoms with Crippen LogP contribution in [0, 0.1) is 3.83 Å². The summed E-state index contributed by atoms with van der Waals surface area (Å²) in [5.41, 5.74) is 6.58. The number of hydrogen-bond donors (Lipinski definition) is 0. The average molecular weight is 694 g/mol. The van der Waals surface area contributed by atoms with E-state index in [1.54, 1.807) is 52.9 Å². The van der Waals surface area contributed by atoms with E-state index in [2.05, 4.69) is 25.1 Å². The van der Waals surface area contributed by atoms with Crippen LogP contribution in [-0.4, -0.2) is 65.1 Å². The molecular formula is C23H20ClF3IN7O5. The normalized spacial score (nSPS) is 26.6. The fourth-order valence-corrected chi connectivity index (χ4v) is 5.32. The Morgan fingerprint density at radius 3 is 2.75 bits per heavy atom. The van der Waals surface area contributed by atoms with Crippen LogP contribution in [0.25, 0.3) is 16.1 Å². The van der Waals surface area contributed by atoms with Gasteiger partial charge in [-0.05, 0) is 11.6 Å². The molecule has 0 saturated carbocycles. The second-order valence-electron chi connectivity index (χ2n) is 8.71. The number of fused-ring (bicyclic) bond motifs is 1. The predicted molar refractivity (Wildman–Crippen MR) is 139 cm³/mol. The van der Waals surface area contributed by atoms with Gasteiger partial charge in [0.05, 0.1) is 30.0 Å². The highest BCUT2D eigenvalue weighted by atomic mass is 127. The van der Waals surface area contributed by atoms with E-state index in [0.717, 1.165) is 16.9 Å². The first kappa shape index (κ1) is 28.9. The molecular weight excluding hydrogens is 674 g/mol. The third kappa shape index (κ3) is 5.37. The number of azide groups is 1. The van der Waals surface area contributed by atoms with E-state index in [9.17, 15) is 18.7 Å². The van der Waals surface area contributed by atoms with Crippen molar-refractivity contribution >= 4 is 34.2 Å². The summed E-state index contributed by atoms with van der Waals surface area (Å²) in [6, 6.07) is 8.70. The Bertz CT molecular complexity index is 1410. The van der Waals surface area contributed by atoms with Crippen LogP contribution in [-0.2, 0) is 35.5 Å². The van der Waals surface area contributed by atoms with Crippen molar-refractivity contribution in [2.45, 2.75) is 36.3 Å². The van der Waals surface area contributed by atoms with E-state index in [0.29, 0.717) is 5.56 Å². The fourth-order valence-electron chi connectivity index (χ4n) is 4.73. The number of aromatic nitrogens is 4. The first-order valence-corrected chi connectivity index (χ1v) is 13.1. The van der Waals surface area contributed by atoms with Gasteiger partial charge in [0.2, 0.25) is 3.83 Å². The number of halogens is 5. The zero-order chi connectivity index (χ0) is 28.5. The number of pyridine rings is 1. The molecule has 212 valence electrons. The molecule has 2 fully saturated rings. The number of ether oxygens (including phenoxy) is 5. The lowest BCUT2D eigenvalue weighted by molar-refractivity contribution is -0.352. The number of hydrogen-bond acceptors (Lipinski definition) is 9. The van der Waals surface area contributed by atoms with Gasteiger partial charge in [-0.25, -0.2) is 14.6 Å². The molecule has 0 N–H and O–H groups in total. The van der Waals surface area contributed by atoms with Gasteiger partial charge >= 0.3 is 6.18 Å². The highest BCUT2D eigenvalue weighted by molar-refractivity contribution is 14.1. The Morgan fingerprint density at radius 1 is 1.27 bits per heavy atom. The van der Waals surface area contributed by atoms with Crippen LogP contribution in [0.1, 0.15) is 23.4 Å². The highest BCUT2D eigenvalue weighted by Gasteiger charge is 2.62. The van der Waals surface area contributed by atoms with Gasteiger partial charge in [0.15, 0.2) is 23.4 Å². The van der Waals surface area contributed by atoms with Crippen molar-refractivity contribution in [2.24, 2.45) is 5.11 Å². The topological polar surface area (TPSA) is 139 Å². The maximum absolute atomic E-state index is 14.1. The average Bonchev–Trinajstić information content (AvgIpc) is 3.34. The van der Waals surface area contributed by atoms with Gasteiger partial charge in [0, 0.05) is 46.4 Å². The summed E-state index contributed by atoms with van der Waals surface area (Å²) in [5.74, 6) is -0.149. The van der Waals surface area contributed by atoms with E-state index in [1.807, 2.05) is 0 Å². The number of benzene rings is 1. The Hall–Kier alpha value is -2.57. The molecule has 0 radical (unpaired) electrons. The quantitative estimate of drug-likeness (QED) is 0.112. The first-order valence-electron chi connectivity index (χ1n) is 11.7. The fraction of sp³-hybridized carbons (Fsp3) is 0.435. The number of methoxy groups -OCH3 is 1. The molecule has 2 aromatic heterocycles. The molecule has 2 aliphatic rings. The highest BCUT2D eigenvalue weighted by Crippen LogP contribution is 2.49. The smallest absolute Gasteiger partial charge is 0.370 e. The third-order valence-electron chi connectivity index (χ3n) is 6.34. The molecule has 0 spiro atoms. The number of alkyl halides is 3. The minimum absolute atomic E-state index is 0.0556. The van der Waals surface area contributed by atoms with E-state index in [-0.39, 0.29) is 34.7 Å². The summed E-state index contributed by atoms with van der Waals surface area (Å²) in [7, 11) is 1.41. The van der Waals surface area contributed by atoms with Crippen molar-refractivity contribution in [3.05, 3.63) is 79.0 Å². The van der Waals surface area contributed by atoms with Crippen LogP contribution in [0.5, 0.6) is 0 Å². The zero-order valence-electron chi connectivity index (χ0n) is 20.5. The molecule has 40 heavy (non-hydrogen) atoms. The van der Waals surface area contributed by atoms with Gasteiger partial charge in [0.1, 0.15) is 18.9 Å². The summed E-state index contributed by atoms with van der Waals surface area (Å²) >= 11 is 7.85. The van der Waals surface area contributed by atoms with Crippen molar-refractivity contribution in [3.8, 4) is 5.69 Å². The monoisotopic (exact) mass is 693 g/mol. The van der Waals surface area contributed by atoms with Gasteiger partial charge in [-0.2, -0.15) is 13.2 Å². The SMILES string of the molecule is COCO[C@H]1CO[C@@H]2COC(c3ccccc3)O[C@@]2(c2nc(I)nn2-c2cc(Cl)cnc2C(F)(F)F)[C@@H]1N=[N+]=[N-]. The number of rotatable bonds is 7. The van der Waals surface area contributed by atoms with Gasteiger partial charge in [0.25, 0.3) is 0 Å². The molecule has 0 bridgehead atoms. The van der Waals surface area contributed by atoms with E-state index in [4.69, 9.17) is 35.3 Å². The van der Waals surface area contributed by atoms with Gasteiger partial charge in [-0.15, -0.1) is 5.10 Å². The van der Waals surface area contributed by atoms with Crippen LogP contribution in [0.4, 0.5) is 13.2 Å². The van der Waals surface area contributed by atoms with Gasteiger partial charge in [-0.1, -0.05) is 47.0 Å². The standard InChI is InChI=1S/C23H20ClF3IN7O5/c1-36-11-39-15-9-37-16-10-38-19(12-5-3-2-4-6-12)40-22(16,18(15)32-34-29)20-31-21(28)33-35(20)14-7-13(24)8-30-17(14)23(25,26)27/h2-8,15-16,18-19H,9-11H2,1H3/t15-,16+,18+,19?,22+/m0/s1. The van der Waals surface area contributed by atoms with Crippen molar-refractivity contribution in [1.82, 2.24) is 19.7 Å². The second kappa shape index (κ2) is 11.7. The summed E-state index contributed by atoms with van der Waals surface area (Å²) < 4.78 is 72.8. The second-order valence-corrected chi connectivity index (χ2v) is 10.1. The number of nitrogens with zero attached hydrogens (tertiary/aromatic N) is 7. The Kier molecular flexibility index (Phi) is 8.49. The van der Waals surface area contributed by atoms with Crippen LogP contribution >= 0.6 is 34.2 Å². The lowest BCUT2D eigenvalue weighted by atomic mass is 9.81. The minimum atomic E-state index is -4.87. The molecule has 0 amide bonds. The summed E-state index contributed by atoms with van der Waals surface area (Å²) in [5, 5.41) is 8.18. The van der Waals surface area contributed by atoms with Crippen molar-refractivity contribution in [3.63, 3.8) is 0 Å². The lowest BCUT2D eigenvalue weighted by Gasteiger charge is -2.52. The Labute approximate surface area is 243 Å². The van der Waals surface area contributed by atoms with Crippen molar-refractivity contribution in [2.75, 3.05) is 27.1 Å². The molecule has 4 heterocycles. The minimum Gasteiger partial charge on any atom is -0.370 e. The molecule has 2 aliphatic heterocycles. The van der Waals surface area contributed by atoms with Crippen LogP contribution in [0.3, 0.4) is 0 Å². The molecule has 5 atom stereocenters. The van der Waals surface area contributed by atoms with E-state index < -0.39 is 47.7 Å². The van der Waals surface area contributed by atoms with Gasteiger partial charge < -0.3 is 23.7 Å². The van der Waals surface area contributed by atoms with E-state index >= 15 is 0 Å². The molecule has 17 heteroatoms. The van der Waals surface area contributed by atoms with Gasteiger partial charge in [-0.3, -0.25) is 0 Å². The molecule has 2 saturated heterocycles. The molecule has 5 rings (SSSR count). The lowest BCUT2D eigenvalue weighted by Crippen LogP contribution is -2.66. The molecule has 0 aliphatic carbocycles. The van der Waals surface area contributed by atoms with Crippen LogP contribution in [0.15, 0.2) is 47.7 Å². The zero-order valence-corrected chi connectivity index (χ0v) is 23.4. The summed E-state index contributed by atoms with van der Waals surface area (Å²) in [6.45, 7) is -0.331. The van der Waals surface area contributed by atoms with Crippen molar-refractivity contribution in [1.29, 1.82) is 0 Å². The molecule has 3 aromatic rings. The molecule has 1 unspecified atom stereocenters. The van der Waals surface area contributed by atoms with Crippen LogP contribution < -0.4 is 0 Å². The first-order chi connectivity index (χ1) is 19.2. The predicted octanol–water partition coefficient (Wildman–Crippen LogP) is 4.95. The largest absolute Gasteiger partial charge is 0.435 e. The molecule has 12 nitrogen and oxygen atoms in total. The summed E-state index contributed by atoms with van der Waals surface area (Å²) in [6.07, 6.45) is -6.96. The van der Waals surface area contributed by atoms with Crippen LogP contribution in [0.2, 0.25) is 5.02 Å². The molecule has 1 aromatic carbocycles. The van der Waals surface area contributed by atoms with E-state index in [1.165, 1.54) is 7.11 Å². The van der Waals surface area contributed by atoms with Crippen molar-refractivity contribution < 1.29 is 36.9 Å². The maximum atomic E-state index is 14.1. The Balaban J connectivity index is 1.77. The summed E-state index contributed by atoms with van der Waals surface area (Å²) in [4.78, 5) is 11.0. The third-order valence-corrected chi connectivity index (χ3v) is 7.01. The maximum Gasteiger partial charge on any atom is 0.435 e.